The van der Waals surface area contributed by atoms with Gasteiger partial charge < -0.3 is 9.80 Å². The largest absolute Gasteiger partial charge is 0.309 e. The van der Waals surface area contributed by atoms with Gasteiger partial charge in [0.05, 0.1) is 4.21 Å². The summed E-state index contributed by atoms with van der Waals surface area (Å²) in [5.74, 6) is 1.96. The molecule has 1 aromatic heterocycles. The average Bonchev–Trinajstić information content (AvgIpc) is 2.70. The third-order valence-corrected chi connectivity index (χ3v) is 5.44. The maximum absolute atomic E-state index is 9.27. The van der Waals surface area contributed by atoms with Crippen LogP contribution in [0.25, 0.3) is 0 Å². The standard InChI is InChI=1S/C12H20N4S3/c1-15(2)5-7-17-11-10(9-13)12(19-14-11)18-8-6-16(3)4/h5-8H2,1-4H3. The lowest BCUT2D eigenvalue weighted by molar-refractivity contribution is 0.437. The van der Waals surface area contributed by atoms with Gasteiger partial charge in [-0.25, -0.2) is 0 Å². The zero-order chi connectivity index (χ0) is 14.3. The van der Waals surface area contributed by atoms with E-state index in [-0.39, 0.29) is 0 Å². The fraction of sp³-hybridized carbons (Fsp3) is 0.667. The fourth-order valence-electron chi connectivity index (χ4n) is 1.20. The Bertz CT molecular complexity index is 392. The Morgan fingerprint density at radius 1 is 1.11 bits per heavy atom. The maximum atomic E-state index is 9.27. The van der Waals surface area contributed by atoms with Crippen LogP contribution >= 0.6 is 35.1 Å². The second-order valence-corrected chi connectivity index (χ2v) is 7.79. The van der Waals surface area contributed by atoms with E-state index in [1.165, 1.54) is 11.5 Å². The Morgan fingerprint density at radius 2 is 1.68 bits per heavy atom. The zero-order valence-electron chi connectivity index (χ0n) is 11.8. The van der Waals surface area contributed by atoms with Gasteiger partial charge in [0.25, 0.3) is 0 Å². The molecule has 0 aliphatic rings. The molecule has 106 valence electrons. The number of hydrogen-bond acceptors (Lipinski definition) is 7. The molecule has 4 nitrogen and oxygen atoms in total. The topological polar surface area (TPSA) is 43.2 Å². The summed E-state index contributed by atoms with van der Waals surface area (Å²) in [5, 5.41) is 10.2. The average molecular weight is 317 g/mol. The van der Waals surface area contributed by atoms with Crippen LogP contribution in [-0.2, 0) is 0 Å². The molecular formula is C12H20N4S3. The number of hydrogen-bond donors (Lipinski definition) is 0. The Kier molecular flexibility index (Phi) is 7.80. The first-order valence-electron chi connectivity index (χ1n) is 5.99. The highest BCUT2D eigenvalue weighted by atomic mass is 32.2. The third-order valence-electron chi connectivity index (χ3n) is 2.29. The first-order valence-corrected chi connectivity index (χ1v) is 8.74. The van der Waals surface area contributed by atoms with Crippen molar-refractivity contribution in [2.75, 3.05) is 52.8 Å². The first kappa shape index (κ1) is 16.8. The molecular weight excluding hydrogens is 296 g/mol. The summed E-state index contributed by atoms with van der Waals surface area (Å²) in [6.45, 7) is 2.01. The molecule has 0 amide bonds. The van der Waals surface area contributed by atoms with Gasteiger partial charge in [-0.3, -0.25) is 0 Å². The molecule has 0 bridgehead atoms. The van der Waals surface area contributed by atoms with Gasteiger partial charge >= 0.3 is 0 Å². The van der Waals surface area contributed by atoms with E-state index in [0.717, 1.165) is 39.4 Å². The number of rotatable bonds is 8. The van der Waals surface area contributed by atoms with Crippen LogP contribution < -0.4 is 0 Å². The van der Waals surface area contributed by atoms with Gasteiger partial charge in [0.2, 0.25) is 0 Å². The first-order chi connectivity index (χ1) is 9.04. The van der Waals surface area contributed by atoms with Crippen LogP contribution in [0.1, 0.15) is 5.56 Å². The molecule has 0 spiro atoms. The van der Waals surface area contributed by atoms with Crippen LogP contribution in [0.15, 0.2) is 9.24 Å². The molecule has 0 N–H and O–H groups in total. The Morgan fingerprint density at radius 3 is 2.21 bits per heavy atom. The summed E-state index contributed by atoms with van der Waals surface area (Å²) in [6.07, 6.45) is 0. The quantitative estimate of drug-likeness (QED) is 0.686. The van der Waals surface area contributed by atoms with Gasteiger partial charge in [0.1, 0.15) is 16.7 Å². The van der Waals surface area contributed by atoms with Crippen LogP contribution in [0.4, 0.5) is 0 Å². The number of nitriles is 1. The van der Waals surface area contributed by atoms with Gasteiger partial charge in [-0.2, -0.15) is 9.64 Å². The summed E-state index contributed by atoms with van der Waals surface area (Å²) >= 11 is 4.85. The number of nitrogens with zero attached hydrogens (tertiary/aromatic N) is 4. The van der Waals surface area contributed by atoms with Gasteiger partial charge in [-0.15, -0.1) is 23.5 Å². The summed E-state index contributed by atoms with van der Waals surface area (Å²) in [6, 6.07) is 2.30. The van der Waals surface area contributed by atoms with Crippen molar-refractivity contribution in [1.82, 2.24) is 14.2 Å². The summed E-state index contributed by atoms with van der Waals surface area (Å²) in [7, 11) is 8.21. The van der Waals surface area contributed by atoms with Crippen molar-refractivity contribution in [2.24, 2.45) is 0 Å². The summed E-state index contributed by atoms with van der Waals surface area (Å²) < 4.78 is 5.46. The minimum Gasteiger partial charge on any atom is -0.309 e. The molecule has 0 radical (unpaired) electrons. The van der Waals surface area contributed by atoms with Crippen LogP contribution in [0.5, 0.6) is 0 Å². The smallest absolute Gasteiger partial charge is 0.129 e. The molecule has 0 atom stereocenters. The summed E-state index contributed by atoms with van der Waals surface area (Å²) in [4.78, 5) is 4.28. The van der Waals surface area contributed by atoms with Crippen LogP contribution in [0.2, 0.25) is 0 Å². The second-order valence-electron chi connectivity index (χ2n) is 4.57. The molecule has 0 aromatic carbocycles. The lowest BCUT2D eigenvalue weighted by Crippen LogP contribution is -2.14. The molecule has 0 saturated carbocycles. The van der Waals surface area contributed by atoms with E-state index < -0.39 is 0 Å². The number of thioether (sulfide) groups is 2. The van der Waals surface area contributed by atoms with Gasteiger partial charge in [-0.05, 0) is 39.7 Å². The molecule has 0 unspecified atom stereocenters. The minimum atomic E-state index is 0.762. The lowest BCUT2D eigenvalue weighted by atomic mass is 10.4. The molecule has 7 heteroatoms. The molecule has 0 aliphatic carbocycles. The third kappa shape index (κ3) is 6.15. The highest BCUT2D eigenvalue weighted by molar-refractivity contribution is 8.01. The van der Waals surface area contributed by atoms with E-state index in [1.807, 2.05) is 0 Å². The molecule has 1 aromatic rings. The molecule has 1 heterocycles. The van der Waals surface area contributed by atoms with Crippen molar-refractivity contribution >= 4 is 35.1 Å². The van der Waals surface area contributed by atoms with Crippen LogP contribution in [0.3, 0.4) is 0 Å². The highest BCUT2D eigenvalue weighted by Gasteiger charge is 2.14. The molecule has 0 aliphatic heterocycles. The highest BCUT2D eigenvalue weighted by Crippen LogP contribution is 2.34. The van der Waals surface area contributed by atoms with E-state index >= 15 is 0 Å². The molecule has 0 fully saturated rings. The van der Waals surface area contributed by atoms with Gasteiger partial charge in [-0.1, -0.05) is 0 Å². The molecule has 0 saturated heterocycles. The lowest BCUT2D eigenvalue weighted by Gasteiger charge is -2.08. The Hall–Kier alpha value is -0.260. The van der Waals surface area contributed by atoms with Crippen molar-refractivity contribution < 1.29 is 0 Å². The van der Waals surface area contributed by atoms with Crippen molar-refractivity contribution in [3.63, 3.8) is 0 Å². The predicted octanol–water partition coefficient (Wildman–Crippen LogP) is 2.32. The van der Waals surface area contributed by atoms with Crippen LogP contribution in [0, 0.1) is 11.3 Å². The van der Waals surface area contributed by atoms with Gasteiger partial charge in [0.15, 0.2) is 0 Å². The number of aromatic nitrogens is 1. The van der Waals surface area contributed by atoms with E-state index in [0.29, 0.717) is 0 Å². The molecule has 1 rings (SSSR count). The van der Waals surface area contributed by atoms with Crippen molar-refractivity contribution in [1.29, 1.82) is 5.26 Å². The van der Waals surface area contributed by atoms with E-state index in [1.54, 1.807) is 23.5 Å². The second kappa shape index (κ2) is 8.82. The van der Waals surface area contributed by atoms with Crippen molar-refractivity contribution in [2.45, 2.75) is 9.24 Å². The minimum absolute atomic E-state index is 0.762. The maximum Gasteiger partial charge on any atom is 0.129 e. The predicted molar refractivity (Wildman–Crippen MR) is 85.4 cm³/mol. The van der Waals surface area contributed by atoms with Crippen molar-refractivity contribution in [3.05, 3.63) is 5.56 Å². The summed E-state index contributed by atoms with van der Waals surface area (Å²) in [5.41, 5.74) is 0.762. The Balaban J connectivity index is 2.55. The van der Waals surface area contributed by atoms with Gasteiger partial charge in [0, 0.05) is 24.6 Å². The monoisotopic (exact) mass is 316 g/mol. The zero-order valence-corrected chi connectivity index (χ0v) is 14.3. The van der Waals surface area contributed by atoms with E-state index in [9.17, 15) is 5.26 Å². The van der Waals surface area contributed by atoms with E-state index in [2.05, 4.69) is 48.4 Å². The fourth-order valence-corrected chi connectivity index (χ4v) is 4.58. The normalized spacial score (nSPS) is 11.2. The van der Waals surface area contributed by atoms with Crippen molar-refractivity contribution in [3.8, 4) is 6.07 Å². The van der Waals surface area contributed by atoms with E-state index in [4.69, 9.17) is 0 Å². The van der Waals surface area contributed by atoms with Crippen LogP contribution in [-0.4, -0.2) is 67.0 Å². The Labute approximate surface area is 128 Å². The molecule has 19 heavy (non-hydrogen) atoms. The SMILES string of the molecule is CN(C)CCSc1nsc(SCCN(C)C)c1C#N.